The Bertz CT molecular complexity index is 429. The molecule has 1 aromatic rings. The maximum atomic E-state index is 12.3. The van der Waals surface area contributed by atoms with Gasteiger partial charge in [0.15, 0.2) is 0 Å². The predicted octanol–water partition coefficient (Wildman–Crippen LogP) is 1.37. The second kappa shape index (κ2) is 8.15. The van der Waals surface area contributed by atoms with Crippen molar-refractivity contribution < 1.29 is 4.79 Å². The van der Waals surface area contributed by atoms with E-state index in [1.807, 2.05) is 11.0 Å². The Morgan fingerprint density at radius 2 is 1.95 bits per heavy atom. The Balaban J connectivity index is 1.87. The number of piperazine rings is 1. The van der Waals surface area contributed by atoms with E-state index in [2.05, 4.69) is 48.5 Å². The molecule has 0 saturated carbocycles. The van der Waals surface area contributed by atoms with Crippen LogP contribution < -0.4 is 5.32 Å². The number of amides is 1. The summed E-state index contributed by atoms with van der Waals surface area (Å²) in [6.07, 6.45) is 2.06. The van der Waals surface area contributed by atoms with E-state index >= 15 is 0 Å². The minimum absolute atomic E-state index is 0.255. The van der Waals surface area contributed by atoms with Gasteiger partial charge in [-0.3, -0.25) is 9.69 Å². The van der Waals surface area contributed by atoms with Crippen molar-refractivity contribution in [1.29, 1.82) is 0 Å². The minimum Gasteiger partial charge on any atom is -0.339 e. The number of benzene rings is 1. The number of likely N-dealkylation sites (N-methyl/N-ethyl adjacent to an activating group) is 1. The lowest BCUT2D eigenvalue weighted by Gasteiger charge is -2.32. The molecule has 21 heavy (non-hydrogen) atoms. The molecule has 1 saturated heterocycles. The summed E-state index contributed by atoms with van der Waals surface area (Å²) in [4.78, 5) is 16.5. The molecule has 2 rings (SSSR count). The lowest BCUT2D eigenvalue weighted by molar-refractivity contribution is -0.133. The number of carbonyl (C=O) groups is 1. The molecule has 0 aromatic heterocycles. The smallest absolute Gasteiger partial charge is 0.236 e. The van der Waals surface area contributed by atoms with Crippen LogP contribution in [-0.4, -0.2) is 61.5 Å². The summed E-state index contributed by atoms with van der Waals surface area (Å²) in [6, 6.07) is 10.9. The monoisotopic (exact) mass is 289 g/mol. The Morgan fingerprint density at radius 3 is 2.57 bits per heavy atom. The molecule has 4 nitrogen and oxygen atoms in total. The summed E-state index contributed by atoms with van der Waals surface area (Å²) in [7, 11) is 2.07. The third kappa shape index (κ3) is 4.83. The van der Waals surface area contributed by atoms with Gasteiger partial charge >= 0.3 is 0 Å². The quantitative estimate of drug-likeness (QED) is 0.859. The van der Waals surface area contributed by atoms with Crippen LogP contribution in [-0.2, 0) is 11.2 Å². The molecule has 0 aliphatic carbocycles. The Morgan fingerprint density at radius 1 is 1.29 bits per heavy atom. The maximum Gasteiger partial charge on any atom is 0.236 e. The number of carbonyl (C=O) groups excluding carboxylic acids is 1. The molecule has 1 heterocycles. The zero-order valence-corrected chi connectivity index (χ0v) is 13.2. The van der Waals surface area contributed by atoms with Gasteiger partial charge < -0.3 is 10.2 Å². The molecule has 1 aliphatic rings. The minimum atomic E-state index is 0.255. The number of rotatable bonds is 6. The van der Waals surface area contributed by atoms with Crippen LogP contribution in [0.4, 0.5) is 0 Å². The van der Waals surface area contributed by atoms with Gasteiger partial charge in [-0.2, -0.15) is 0 Å². The highest BCUT2D eigenvalue weighted by Crippen LogP contribution is 2.11. The molecule has 1 aliphatic heterocycles. The van der Waals surface area contributed by atoms with E-state index in [0.29, 0.717) is 12.6 Å². The lowest BCUT2D eigenvalue weighted by Crippen LogP contribution is -2.50. The van der Waals surface area contributed by atoms with Crippen molar-refractivity contribution in [3.05, 3.63) is 35.9 Å². The average molecular weight is 289 g/mol. The van der Waals surface area contributed by atoms with Crippen LogP contribution in [0.25, 0.3) is 0 Å². The molecule has 1 atom stereocenters. The maximum absolute atomic E-state index is 12.3. The zero-order chi connectivity index (χ0) is 15.1. The zero-order valence-electron chi connectivity index (χ0n) is 13.2. The van der Waals surface area contributed by atoms with Crippen LogP contribution in [0.2, 0.25) is 0 Å². The van der Waals surface area contributed by atoms with Gasteiger partial charge in [0.1, 0.15) is 0 Å². The standard InChI is InChI=1S/C17H27N3O/c1-3-16(13-15-7-5-4-6-8-15)19(2)14-17(21)20-11-9-18-10-12-20/h4-8,16,18H,3,9-14H2,1-2H3. The molecular weight excluding hydrogens is 262 g/mol. The first kappa shape index (κ1) is 16.0. The highest BCUT2D eigenvalue weighted by atomic mass is 16.2. The fourth-order valence-electron chi connectivity index (χ4n) is 2.85. The molecule has 1 aromatic carbocycles. The van der Waals surface area contributed by atoms with Crippen LogP contribution >= 0.6 is 0 Å². The van der Waals surface area contributed by atoms with E-state index in [1.165, 1.54) is 5.56 Å². The molecule has 0 radical (unpaired) electrons. The second-order valence-corrected chi connectivity index (χ2v) is 5.80. The van der Waals surface area contributed by atoms with Gasteiger partial charge in [-0.25, -0.2) is 0 Å². The molecule has 1 fully saturated rings. The summed E-state index contributed by atoms with van der Waals surface area (Å²) in [5.74, 6) is 0.255. The summed E-state index contributed by atoms with van der Waals surface area (Å²) in [5, 5.41) is 3.28. The topological polar surface area (TPSA) is 35.6 Å². The van der Waals surface area contributed by atoms with Crippen molar-refractivity contribution in [2.24, 2.45) is 0 Å². The van der Waals surface area contributed by atoms with Crippen LogP contribution in [0, 0.1) is 0 Å². The van der Waals surface area contributed by atoms with E-state index in [9.17, 15) is 4.79 Å². The van der Waals surface area contributed by atoms with Gasteiger partial charge in [0.05, 0.1) is 6.54 Å². The van der Waals surface area contributed by atoms with E-state index in [0.717, 1.165) is 39.0 Å². The van der Waals surface area contributed by atoms with E-state index in [-0.39, 0.29) is 5.91 Å². The van der Waals surface area contributed by atoms with Crippen molar-refractivity contribution >= 4 is 5.91 Å². The number of nitrogens with zero attached hydrogens (tertiary/aromatic N) is 2. The van der Waals surface area contributed by atoms with Gasteiger partial charge in [-0.15, -0.1) is 0 Å². The molecule has 4 heteroatoms. The molecule has 1 unspecified atom stereocenters. The molecule has 1 N–H and O–H groups in total. The van der Waals surface area contributed by atoms with Crippen LogP contribution in [0.1, 0.15) is 18.9 Å². The normalized spacial score (nSPS) is 17.0. The number of nitrogens with one attached hydrogen (secondary N) is 1. The fourth-order valence-corrected chi connectivity index (χ4v) is 2.85. The average Bonchev–Trinajstić information content (AvgIpc) is 2.54. The van der Waals surface area contributed by atoms with Crippen molar-refractivity contribution in [2.75, 3.05) is 39.8 Å². The largest absolute Gasteiger partial charge is 0.339 e. The van der Waals surface area contributed by atoms with Gasteiger partial charge in [0, 0.05) is 32.2 Å². The highest BCUT2D eigenvalue weighted by Gasteiger charge is 2.21. The molecule has 116 valence electrons. The van der Waals surface area contributed by atoms with Crippen molar-refractivity contribution in [2.45, 2.75) is 25.8 Å². The summed E-state index contributed by atoms with van der Waals surface area (Å²) in [5.41, 5.74) is 1.34. The van der Waals surface area contributed by atoms with Gasteiger partial charge in [0.25, 0.3) is 0 Å². The van der Waals surface area contributed by atoms with Crippen LogP contribution in [0.15, 0.2) is 30.3 Å². The fraction of sp³-hybridized carbons (Fsp3) is 0.588. The Hall–Kier alpha value is -1.39. The summed E-state index contributed by atoms with van der Waals surface area (Å²) >= 11 is 0. The van der Waals surface area contributed by atoms with E-state index < -0.39 is 0 Å². The van der Waals surface area contributed by atoms with E-state index in [1.54, 1.807) is 0 Å². The SMILES string of the molecule is CCC(Cc1ccccc1)N(C)CC(=O)N1CCNCC1. The first-order valence-electron chi connectivity index (χ1n) is 7.93. The molecule has 0 bridgehead atoms. The highest BCUT2D eigenvalue weighted by molar-refractivity contribution is 5.78. The first-order valence-corrected chi connectivity index (χ1v) is 7.93. The molecule has 0 spiro atoms. The second-order valence-electron chi connectivity index (χ2n) is 5.80. The number of hydrogen-bond donors (Lipinski definition) is 1. The van der Waals surface area contributed by atoms with Crippen molar-refractivity contribution in [3.8, 4) is 0 Å². The van der Waals surface area contributed by atoms with Crippen molar-refractivity contribution in [3.63, 3.8) is 0 Å². The van der Waals surface area contributed by atoms with Gasteiger partial charge in [-0.1, -0.05) is 37.3 Å². The Kier molecular flexibility index (Phi) is 6.21. The summed E-state index contributed by atoms with van der Waals surface area (Å²) < 4.78 is 0. The Labute approximate surface area is 128 Å². The van der Waals surface area contributed by atoms with Crippen LogP contribution in [0.5, 0.6) is 0 Å². The van der Waals surface area contributed by atoms with Crippen molar-refractivity contribution in [1.82, 2.24) is 15.1 Å². The summed E-state index contributed by atoms with van der Waals surface area (Å²) in [6.45, 7) is 6.21. The number of hydrogen-bond acceptors (Lipinski definition) is 3. The van der Waals surface area contributed by atoms with Gasteiger partial charge in [0.2, 0.25) is 5.91 Å². The lowest BCUT2D eigenvalue weighted by atomic mass is 10.0. The third-order valence-electron chi connectivity index (χ3n) is 4.26. The first-order chi connectivity index (χ1) is 10.2. The molecule has 1 amide bonds. The van der Waals surface area contributed by atoms with Gasteiger partial charge in [-0.05, 0) is 25.5 Å². The third-order valence-corrected chi connectivity index (χ3v) is 4.26. The predicted molar refractivity (Wildman–Crippen MR) is 86.3 cm³/mol. The van der Waals surface area contributed by atoms with E-state index in [4.69, 9.17) is 0 Å². The van der Waals surface area contributed by atoms with Crippen LogP contribution in [0.3, 0.4) is 0 Å². The molecular formula is C17H27N3O.